The fraction of sp³-hybridized carbons (Fsp3) is 1.00. The molecule has 0 aromatic carbocycles. The average Bonchev–Trinajstić information content (AvgIpc) is 2.84. The highest BCUT2D eigenvalue weighted by atomic mass is 32.2. The Kier molecular flexibility index (Phi) is 2.60. The van der Waals surface area contributed by atoms with E-state index >= 15 is 0 Å². The van der Waals surface area contributed by atoms with Crippen LogP contribution >= 0.6 is 0 Å². The van der Waals surface area contributed by atoms with Crippen LogP contribution in [0.5, 0.6) is 0 Å². The predicted octanol–water partition coefficient (Wildman–Crippen LogP) is 0.953. The maximum absolute atomic E-state index is 11.4. The molecule has 1 saturated heterocycles. The predicted molar refractivity (Wildman–Crippen MR) is 57.0 cm³/mol. The van der Waals surface area contributed by atoms with Crippen molar-refractivity contribution in [1.82, 2.24) is 5.32 Å². The van der Waals surface area contributed by atoms with Crippen molar-refractivity contribution in [2.75, 3.05) is 18.6 Å². The molecule has 0 aromatic rings. The van der Waals surface area contributed by atoms with Crippen molar-refractivity contribution in [3.8, 4) is 0 Å². The molecule has 1 aliphatic carbocycles. The molecule has 0 amide bonds. The second-order valence-electron chi connectivity index (χ2n) is 4.86. The lowest BCUT2D eigenvalue weighted by Crippen LogP contribution is -2.34. The number of nitrogens with one attached hydrogen (secondary N) is 1. The largest absolute Gasteiger partial charge is 0.314 e. The molecule has 0 spiro atoms. The van der Waals surface area contributed by atoms with Gasteiger partial charge in [-0.1, -0.05) is 0 Å². The Labute approximate surface area is 86.2 Å². The molecule has 1 aliphatic heterocycles. The van der Waals surface area contributed by atoms with Crippen molar-refractivity contribution in [3.05, 3.63) is 0 Å². The Balaban J connectivity index is 1.92. The van der Waals surface area contributed by atoms with Gasteiger partial charge in [0.2, 0.25) is 0 Å². The Hall–Kier alpha value is -0.0900. The average molecular weight is 217 g/mol. The lowest BCUT2D eigenvalue weighted by atomic mass is 9.95. The van der Waals surface area contributed by atoms with Crippen LogP contribution in [0.3, 0.4) is 0 Å². The van der Waals surface area contributed by atoms with E-state index < -0.39 is 9.84 Å². The lowest BCUT2D eigenvalue weighted by Gasteiger charge is -2.26. The van der Waals surface area contributed by atoms with Gasteiger partial charge in [-0.3, -0.25) is 0 Å². The normalized spacial score (nSPS) is 33.9. The number of hydrogen-bond donors (Lipinski definition) is 1. The summed E-state index contributed by atoms with van der Waals surface area (Å²) in [5.41, 5.74) is 0.303. The highest BCUT2D eigenvalue weighted by Gasteiger charge is 2.43. The van der Waals surface area contributed by atoms with Gasteiger partial charge < -0.3 is 5.32 Å². The Bertz CT molecular complexity index is 306. The molecule has 1 N–H and O–H groups in total. The minimum Gasteiger partial charge on any atom is -0.314 e. The summed E-state index contributed by atoms with van der Waals surface area (Å²) in [6.45, 7) is 0. The van der Waals surface area contributed by atoms with E-state index in [4.69, 9.17) is 0 Å². The third kappa shape index (κ3) is 2.28. The molecule has 1 atom stereocenters. The second kappa shape index (κ2) is 3.49. The van der Waals surface area contributed by atoms with Crippen LogP contribution in [0.25, 0.3) is 0 Å². The second-order valence-corrected chi connectivity index (χ2v) is 7.09. The van der Waals surface area contributed by atoms with Gasteiger partial charge in [0.1, 0.15) is 0 Å². The molecule has 14 heavy (non-hydrogen) atoms. The molecule has 0 radical (unpaired) electrons. The Morgan fingerprint density at radius 3 is 2.64 bits per heavy atom. The standard InChI is InChI=1S/C10H19NO2S/c1-11-10(4-5-10)7-9-3-2-6-14(12,13)8-9/h9,11H,2-8H2,1H3. The van der Waals surface area contributed by atoms with Crippen LogP contribution in [0.15, 0.2) is 0 Å². The molecule has 2 fully saturated rings. The number of sulfone groups is 1. The third-order valence-electron chi connectivity index (χ3n) is 3.62. The quantitative estimate of drug-likeness (QED) is 0.765. The summed E-state index contributed by atoms with van der Waals surface area (Å²) < 4.78 is 22.9. The first-order chi connectivity index (χ1) is 6.55. The van der Waals surface area contributed by atoms with E-state index in [9.17, 15) is 8.42 Å². The van der Waals surface area contributed by atoms with Crippen LogP contribution in [0.4, 0.5) is 0 Å². The zero-order chi connectivity index (χ0) is 10.2. The van der Waals surface area contributed by atoms with Crippen LogP contribution in [0.2, 0.25) is 0 Å². The molecule has 0 aromatic heterocycles. The first-order valence-electron chi connectivity index (χ1n) is 5.45. The fourth-order valence-corrected chi connectivity index (χ4v) is 4.31. The highest BCUT2D eigenvalue weighted by Crippen LogP contribution is 2.42. The molecule has 3 nitrogen and oxygen atoms in total. The summed E-state index contributed by atoms with van der Waals surface area (Å²) in [5, 5.41) is 3.33. The summed E-state index contributed by atoms with van der Waals surface area (Å²) in [4.78, 5) is 0. The van der Waals surface area contributed by atoms with Gasteiger partial charge in [0.15, 0.2) is 9.84 Å². The van der Waals surface area contributed by atoms with E-state index in [0.717, 1.165) is 19.3 Å². The van der Waals surface area contributed by atoms with Gasteiger partial charge in [-0.15, -0.1) is 0 Å². The topological polar surface area (TPSA) is 46.2 Å². The van der Waals surface area contributed by atoms with Gasteiger partial charge in [0, 0.05) is 5.54 Å². The lowest BCUT2D eigenvalue weighted by molar-refractivity contribution is 0.376. The van der Waals surface area contributed by atoms with Crippen LogP contribution in [0.1, 0.15) is 32.1 Å². The van der Waals surface area contributed by atoms with E-state index in [2.05, 4.69) is 5.32 Å². The molecule has 1 saturated carbocycles. The zero-order valence-corrected chi connectivity index (χ0v) is 9.57. The SMILES string of the molecule is CNC1(CC2CCCS(=O)(=O)C2)CC1. The fourth-order valence-electron chi connectivity index (χ4n) is 2.54. The van der Waals surface area contributed by atoms with Crippen molar-refractivity contribution in [2.24, 2.45) is 5.92 Å². The zero-order valence-electron chi connectivity index (χ0n) is 8.75. The van der Waals surface area contributed by atoms with Crippen LogP contribution in [-0.4, -0.2) is 32.5 Å². The van der Waals surface area contributed by atoms with Crippen molar-refractivity contribution >= 4 is 9.84 Å². The van der Waals surface area contributed by atoms with Gasteiger partial charge in [-0.2, -0.15) is 0 Å². The first-order valence-corrected chi connectivity index (χ1v) is 7.27. The van der Waals surface area contributed by atoms with E-state index in [1.807, 2.05) is 7.05 Å². The van der Waals surface area contributed by atoms with Crippen LogP contribution in [-0.2, 0) is 9.84 Å². The molecule has 4 heteroatoms. The van der Waals surface area contributed by atoms with Crippen LogP contribution < -0.4 is 5.32 Å². The van der Waals surface area contributed by atoms with Crippen molar-refractivity contribution in [1.29, 1.82) is 0 Å². The van der Waals surface area contributed by atoms with Gasteiger partial charge in [0.05, 0.1) is 11.5 Å². The molecule has 2 rings (SSSR count). The van der Waals surface area contributed by atoms with E-state index in [-0.39, 0.29) is 0 Å². The summed E-state index contributed by atoms with van der Waals surface area (Å²) in [5.74, 6) is 1.25. The minimum atomic E-state index is -2.71. The molecular formula is C10H19NO2S. The van der Waals surface area contributed by atoms with Gasteiger partial charge in [-0.05, 0) is 45.1 Å². The molecule has 1 heterocycles. The van der Waals surface area contributed by atoms with Crippen molar-refractivity contribution in [2.45, 2.75) is 37.6 Å². The minimum absolute atomic E-state index is 0.303. The first kappa shape index (κ1) is 10.4. The van der Waals surface area contributed by atoms with Crippen LogP contribution in [0, 0.1) is 5.92 Å². The van der Waals surface area contributed by atoms with Gasteiger partial charge in [-0.25, -0.2) is 8.42 Å². The Morgan fingerprint density at radius 2 is 2.14 bits per heavy atom. The molecular weight excluding hydrogens is 198 g/mol. The van der Waals surface area contributed by atoms with Gasteiger partial charge >= 0.3 is 0 Å². The molecule has 82 valence electrons. The third-order valence-corrected chi connectivity index (χ3v) is 5.51. The Morgan fingerprint density at radius 1 is 1.43 bits per heavy atom. The van der Waals surface area contributed by atoms with E-state index in [1.165, 1.54) is 12.8 Å². The smallest absolute Gasteiger partial charge is 0.150 e. The summed E-state index contributed by atoms with van der Waals surface area (Å²) in [7, 11) is -0.722. The van der Waals surface area contributed by atoms with E-state index in [0.29, 0.717) is 23.0 Å². The van der Waals surface area contributed by atoms with Crippen molar-refractivity contribution < 1.29 is 8.42 Å². The highest BCUT2D eigenvalue weighted by molar-refractivity contribution is 7.91. The summed E-state index contributed by atoms with van der Waals surface area (Å²) >= 11 is 0. The van der Waals surface area contributed by atoms with Gasteiger partial charge in [0.25, 0.3) is 0 Å². The number of hydrogen-bond acceptors (Lipinski definition) is 3. The molecule has 0 bridgehead atoms. The van der Waals surface area contributed by atoms with Crippen molar-refractivity contribution in [3.63, 3.8) is 0 Å². The summed E-state index contributed by atoms with van der Waals surface area (Å²) in [6, 6.07) is 0. The molecule has 1 unspecified atom stereocenters. The maximum Gasteiger partial charge on any atom is 0.150 e. The monoisotopic (exact) mass is 217 g/mol. The summed E-state index contributed by atoms with van der Waals surface area (Å²) in [6.07, 6.45) is 5.47. The maximum atomic E-state index is 11.4. The number of rotatable bonds is 3. The molecule has 2 aliphatic rings. The van der Waals surface area contributed by atoms with E-state index in [1.54, 1.807) is 0 Å².